The molecule has 0 saturated heterocycles. The molecule has 1 aromatic rings. The molecular weight excluding hydrogens is 251 g/mol. The van der Waals surface area contributed by atoms with Crippen LogP contribution in [0.5, 0.6) is 0 Å². The molecular formula is C9H12BrClN2. The zero-order valence-corrected chi connectivity index (χ0v) is 9.53. The Morgan fingerprint density at radius 1 is 1.46 bits per heavy atom. The highest BCUT2D eigenvalue weighted by Crippen LogP contribution is 2.25. The molecule has 0 bridgehead atoms. The molecule has 13 heavy (non-hydrogen) atoms. The Bertz CT molecular complexity index is 278. The predicted octanol–water partition coefficient (Wildman–Crippen LogP) is 2.86. The van der Waals surface area contributed by atoms with Gasteiger partial charge in [-0.2, -0.15) is 0 Å². The molecule has 0 aromatic heterocycles. The smallest absolute Gasteiger partial charge is 0.0485 e. The van der Waals surface area contributed by atoms with Gasteiger partial charge in [-0.25, -0.2) is 0 Å². The number of nitrogens with one attached hydrogen (secondary N) is 1. The lowest BCUT2D eigenvalue weighted by molar-refractivity contribution is 0.874. The molecule has 0 radical (unpaired) electrons. The second kappa shape index (κ2) is 5.47. The van der Waals surface area contributed by atoms with Crippen LogP contribution in [0.15, 0.2) is 22.7 Å². The van der Waals surface area contributed by atoms with Crippen molar-refractivity contribution in [3.63, 3.8) is 0 Å². The fraction of sp³-hybridized carbons (Fsp3) is 0.333. The molecule has 0 amide bonds. The van der Waals surface area contributed by atoms with Gasteiger partial charge in [0.15, 0.2) is 0 Å². The van der Waals surface area contributed by atoms with Crippen molar-refractivity contribution in [3.8, 4) is 0 Å². The third-order valence-electron chi connectivity index (χ3n) is 1.63. The maximum atomic E-state index is 5.80. The summed E-state index contributed by atoms with van der Waals surface area (Å²) in [6, 6.07) is 5.67. The number of rotatable bonds is 4. The summed E-state index contributed by atoms with van der Waals surface area (Å²) in [7, 11) is 0. The summed E-state index contributed by atoms with van der Waals surface area (Å²) in [4.78, 5) is 0. The molecule has 0 spiro atoms. The summed E-state index contributed by atoms with van der Waals surface area (Å²) in [5.41, 5.74) is 6.44. The van der Waals surface area contributed by atoms with Gasteiger partial charge in [-0.1, -0.05) is 11.6 Å². The highest BCUT2D eigenvalue weighted by atomic mass is 79.9. The standard InChI is InChI=1S/C9H12BrClN2/c10-8-6-7(11)2-3-9(8)13-5-1-4-12/h2-3,6,13H,1,4-5,12H2. The fourth-order valence-electron chi connectivity index (χ4n) is 0.958. The number of nitrogens with two attached hydrogens (primary N) is 1. The first-order valence-electron chi connectivity index (χ1n) is 4.13. The van der Waals surface area contributed by atoms with E-state index in [4.69, 9.17) is 17.3 Å². The van der Waals surface area contributed by atoms with Gasteiger partial charge in [-0.15, -0.1) is 0 Å². The number of halogens is 2. The zero-order chi connectivity index (χ0) is 9.68. The summed E-state index contributed by atoms with van der Waals surface area (Å²) in [6.45, 7) is 1.59. The number of hydrogen-bond acceptors (Lipinski definition) is 2. The van der Waals surface area contributed by atoms with Crippen LogP contribution in [0.3, 0.4) is 0 Å². The molecule has 0 fully saturated rings. The summed E-state index contributed by atoms with van der Waals surface area (Å²) >= 11 is 9.22. The Balaban J connectivity index is 2.56. The van der Waals surface area contributed by atoms with E-state index >= 15 is 0 Å². The average Bonchev–Trinajstić information content (AvgIpc) is 2.09. The first-order valence-corrected chi connectivity index (χ1v) is 5.30. The quantitative estimate of drug-likeness (QED) is 0.820. The highest BCUT2D eigenvalue weighted by Gasteiger charge is 1.98. The second-order valence-corrected chi connectivity index (χ2v) is 3.98. The van der Waals surface area contributed by atoms with Crippen molar-refractivity contribution in [2.75, 3.05) is 18.4 Å². The Kier molecular flexibility index (Phi) is 4.56. The van der Waals surface area contributed by atoms with Gasteiger partial charge in [0.05, 0.1) is 0 Å². The molecule has 72 valence electrons. The van der Waals surface area contributed by atoms with Crippen molar-refractivity contribution in [3.05, 3.63) is 27.7 Å². The van der Waals surface area contributed by atoms with Crippen LogP contribution in [0.4, 0.5) is 5.69 Å². The van der Waals surface area contributed by atoms with Crippen molar-refractivity contribution in [2.45, 2.75) is 6.42 Å². The second-order valence-electron chi connectivity index (χ2n) is 2.69. The van der Waals surface area contributed by atoms with Crippen molar-refractivity contribution in [2.24, 2.45) is 5.73 Å². The van der Waals surface area contributed by atoms with E-state index in [1.54, 1.807) is 0 Å². The van der Waals surface area contributed by atoms with Crippen molar-refractivity contribution >= 4 is 33.2 Å². The van der Waals surface area contributed by atoms with E-state index in [0.29, 0.717) is 6.54 Å². The topological polar surface area (TPSA) is 38.0 Å². The van der Waals surface area contributed by atoms with Crippen LogP contribution in [0.2, 0.25) is 5.02 Å². The zero-order valence-electron chi connectivity index (χ0n) is 7.19. The normalized spacial score (nSPS) is 10.1. The van der Waals surface area contributed by atoms with Crippen LogP contribution in [0.1, 0.15) is 6.42 Å². The Labute approximate surface area is 91.6 Å². The third kappa shape index (κ3) is 3.55. The van der Waals surface area contributed by atoms with Gasteiger partial charge in [-0.05, 0) is 47.1 Å². The molecule has 0 atom stereocenters. The fourth-order valence-corrected chi connectivity index (χ4v) is 1.78. The molecule has 1 rings (SSSR count). The minimum atomic E-state index is 0.707. The summed E-state index contributed by atoms with van der Waals surface area (Å²) in [5.74, 6) is 0. The van der Waals surface area contributed by atoms with Crippen molar-refractivity contribution < 1.29 is 0 Å². The Hall–Kier alpha value is -0.250. The minimum absolute atomic E-state index is 0.707. The Morgan fingerprint density at radius 3 is 2.85 bits per heavy atom. The van der Waals surface area contributed by atoms with E-state index in [0.717, 1.165) is 28.1 Å². The van der Waals surface area contributed by atoms with Gasteiger partial charge in [0.2, 0.25) is 0 Å². The number of anilines is 1. The van der Waals surface area contributed by atoms with Gasteiger partial charge in [-0.3, -0.25) is 0 Å². The first kappa shape index (κ1) is 10.8. The van der Waals surface area contributed by atoms with Gasteiger partial charge < -0.3 is 11.1 Å². The summed E-state index contributed by atoms with van der Waals surface area (Å²) in [5, 5.41) is 3.99. The molecule has 0 saturated carbocycles. The van der Waals surface area contributed by atoms with Crippen LogP contribution in [-0.2, 0) is 0 Å². The first-order chi connectivity index (χ1) is 6.24. The van der Waals surface area contributed by atoms with Crippen LogP contribution >= 0.6 is 27.5 Å². The van der Waals surface area contributed by atoms with Crippen molar-refractivity contribution in [1.82, 2.24) is 0 Å². The molecule has 2 nitrogen and oxygen atoms in total. The largest absolute Gasteiger partial charge is 0.384 e. The van der Waals surface area contributed by atoms with E-state index in [1.165, 1.54) is 0 Å². The lowest BCUT2D eigenvalue weighted by Crippen LogP contribution is -2.08. The van der Waals surface area contributed by atoms with E-state index in [-0.39, 0.29) is 0 Å². The predicted molar refractivity (Wildman–Crippen MR) is 61.3 cm³/mol. The highest BCUT2D eigenvalue weighted by molar-refractivity contribution is 9.10. The Morgan fingerprint density at radius 2 is 2.23 bits per heavy atom. The van der Waals surface area contributed by atoms with Crippen LogP contribution in [-0.4, -0.2) is 13.1 Å². The van der Waals surface area contributed by atoms with Gasteiger partial charge in [0, 0.05) is 21.7 Å². The maximum absolute atomic E-state index is 5.80. The lowest BCUT2D eigenvalue weighted by atomic mass is 10.3. The molecule has 3 N–H and O–H groups in total. The summed E-state index contributed by atoms with van der Waals surface area (Å²) in [6.07, 6.45) is 0.967. The molecule has 0 aliphatic carbocycles. The lowest BCUT2D eigenvalue weighted by Gasteiger charge is -2.07. The van der Waals surface area contributed by atoms with Crippen LogP contribution < -0.4 is 11.1 Å². The molecule has 0 aliphatic heterocycles. The van der Waals surface area contributed by atoms with E-state index in [1.807, 2.05) is 18.2 Å². The minimum Gasteiger partial charge on any atom is -0.384 e. The molecule has 4 heteroatoms. The van der Waals surface area contributed by atoms with E-state index < -0.39 is 0 Å². The van der Waals surface area contributed by atoms with Gasteiger partial charge in [0.25, 0.3) is 0 Å². The molecule has 0 heterocycles. The van der Waals surface area contributed by atoms with E-state index in [9.17, 15) is 0 Å². The van der Waals surface area contributed by atoms with Gasteiger partial charge in [0.1, 0.15) is 0 Å². The average molecular weight is 264 g/mol. The number of benzene rings is 1. The SMILES string of the molecule is NCCCNc1ccc(Cl)cc1Br. The molecule has 0 aliphatic rings. The van der Waals surface area contributed by atoms with Gasteiger partial charge >= 0.3 is 0 Å². The summed E-state index contributed by atoms with van der Waals surface area (Å²) < 4.78 is 0.983. The maximum Gasteiger partial charge on any atom is 0.0485 e. The van der Waals surface area contributed by atoms with Crippen molar-refractivity contribution in [1.29, 1.82) is 0 Å². The van der Waals surface area contributed by atoms with E-state index in [2.05, 4.69) is 21.2 Å². The third-order valence-corrected chi connectivity index (χ3v) is 2.52. The van der Waals surface area contributed by atoms with Crippen LogP contribution in [0.25, 0.3) is 0 Å². The monoisotopic (exact) mass is 262 g/mol. The van der Waals surface area contributed by atoms with Crippen LogP contribution in [0, 0.1) is 0 Å². The molecule has 1 aromatic carbocycles. The molecule has 0 unspecified atom stereocenters. The number of hydrogen-bond donors (Lipinski definition) is 2.